The Hall–Kier alpha value is -0.870. The lowest BCUT2D eigenvalue weighted by atomic mass is 10.2. The van der Waals surface area contributed by atoms with Crippen LogP contribution in [0.2, 0.25) is 0 Å². The van der Waals surface area contributed by atoms with Crippen LogP contribution in [-0.4, -0.2) is 8.42 Å². The van der Waals surface area contributed by atoms with Gasteiger partial charge >= 0.3 is 0 Å². The van der Waals surface area contributed by atoms with Gasteiger partial charge in [0.2, 0.25) is 10.0 Å². The van der Waals surface area contributed by atoms with Gasteiger partial charge in [-0.25, -0.2) is 13.6 Å². The van der Waals surface area contributed by atoms with E-state index in [1.165, 1.54) is 6.07 Å². The molecule has 1 aromatic carbocycles. The molecule has 1 aromatic rings. The van der Waals surface area contributed by atoms with Crippen LogP contribution in [0.4, 0.5) is 0 Å². The van der Waals surface area contributed by atoms with Gasteiger partial charge in [-0.2, -0.15) is 0 Å². The number of rotatable bonds is 1. The molecule has 0 aliphatic rings. The van der Waals surface area contributed by atoms with Crippen molar-refractivity contribution in [2.24, 2.45) is 5.14 Å². The first-order chi connectivity index (χ1) is 6.02. The highest BCUT2D eigenvalue weighted by Gasteiger charge is 2.08. The molecule has 0 aliphatic heterocycles. The zero-order valence-electron chi connectivity index (χ0n) is 8.11. The van der Waals surface area contributed by atoms with Crippen LogP contribution in [0.5, 0.6) is 0 Å². The molecule has 2 N–H and O–H groups in total. The molecule has 0 radical (unpaired) electrons. The third kappa shape index (κ3) is 3.57. The fourth-order valence-electron chi connectivity index (χ4n) is 0.876. The second-order valence-electron chi connectivity index (χ2n) is 2.31. The quantitative estimate of drug-likeness (QED) is 0.751. The maximum absolute atomic E-state index is 10.8. The van der Waals surface area contributed by atoms with Crippen molar-refractivity contribution in [2.45, 2.75) is 25.7 Å². The molecule has 0 aliphatic carbocycles. The topological polar surface area (TPSA) is 60.2 Å². The Kier molecular flexibility index (Phi) is 4.66. The second kappa shape index (κ2) is 4.99. The number of aryl methyl sites for hydroxylation is 1. The molecule has 0 bridgehead atoms. The Morgan fingerprint density at radius 3 is 1.92 bits per heavy atom. The fourth-order valence-corrected chi connectivity index (χ4v) is 1.66. The number of sulfonamides is 1. The number of hydrogen-bond acceptors (Lipinski definition) is 2. The lowest BCUT2D eigenvalue weighted by Crippen LogP contribution is -2.13. The minimum Gasteiger partial charge on any atom is -0.225 e. The SMILES string of the molecule is CC.Cc1ccccc1S(N)(=O)=O. The smallest absolute Gasteiger partial charge is 0.225 e. The van der Waals surface area contributed by atoms with Crippen molar-refractivity contribution in [3.05, 3.63) is 29.8 Å². The summed E-state index contributed by atoms with van der Waals surface area (Å²) in [6.45, 7) is 5.71. The first-order valence-corrected chi connectivity index (χ1v) is 5.65. The normalized spacial score (nSPS) is 10.2. The number of primary sulfonamides is 1. The predicted molar refractivity (Wildman–Crippen MR) is 53.9 cm³/mol. The van der Waals surface area contributed by atoms with Crippen molar-refractivity contribution in [2.75, 3.05) is 0 Å². The molecule has 0 unspecified atom stereocenters. The van der Waals surface area contributed by atoms with E-state index < -0.39 is 10.0 Å². The highest BCUT2D eigenvalue weighted by molar-refractivity contribution is 7.89. The van der Waals surface area contributed by atoms with Gasteiger partial charge in [-0.05, 0) is 18.6 Å². The second-order valence-corrected chi connectivity index (χ2v) is 3.84. The highest BCUT2D eigenvalue weighted by Crippen LogP contribution is 2.10. The Morgan fingerprint density at radius 1 is 1.15 bits per heavy atom. The van der Waals surface area contributed by atoms with Gasteiger partial charge in [0.1, 0.15) is 0 Å². The van der Waals surface area contributed by atoms with E-state index in [1.807, 2.05) is 13.8 Å². The lowest BCUT2D eigenvalue weighted by Gasteiger charge is -2.00. The summed E-state index contributed by atoms with van der Waals surface area (Å²) in [5, 5.41) is 4.93. The summed E-state index contributed by atoms with van der Waals surface area (Å²) in [5.74, 6) is 0. The van der Waals surface area contributed by atoms with Crippen LogP contribution in [0.15, 0.2) is 29.2 Å². The van der Waals surface area contributed by atoms with E-state index in [-0.39, 0.29) is 4.90 Å². The van der Waals surface area contributed by atoms with Crippen LogP contribution < -0.4 is 5.14 Å². The molecule has 0 atom stereocenters. The third-order valence-corrected chi connectivity index (χ3v) is 2.47. The molecular weight excluding hydrogens is 186 g/mol. The first kappa shape index (κ1) is 12.1. The summed E-state index contributed by atoms with van der Waals surface area (Å²) in [5.41, 5.74) is 0.676. The van der Waals surface area contributed by atoms with E-state index in [9.17, 15) is 8.42 Å². The predicted octanol–water partition coefficient (Wildman–Crippen LogP) is 1.67. The van der Waals surface area contributed by atoms with Gasteiger partial charge in [0, 0.05) is 0 Å². The van der Waals surface area contributed by atoms with Crippen molar-refractivity contribution in [3.63, 3.8) is 0 Å². The molecule has 0 fully saturated rings. The van der Waals surface area contributed by atoms with E-state index >= 15 is 0 Å². The monoisotopic (exact) mass is 201 g/mol. The minimum absolute atomic E-state index is 0.194. The molecule has 1 rings (SSSR count). The van der Waals surface area contributed by atoms with E-state index in [1.54, 1.807) is 25.1 Å². The highest BCUT2D eigenvalue weighted by atomic mass is 32.2. The number of hydrogen-bond donors (Lipinski definition) is 1. The standard InChI is InChI=1S/C7H9NO2S.C2H6/c1-6-4-2-3-5-7(6)11(8,9)10;1-2/h2-5H,1H3,(H2,8,9,10);1-2H3. The maximum atomic E-state index is 10.8. The molecule has 4 heteroatoms. The van der Waals surface area contributed by atoms with E-state index in [4.69, 9.17) is 5.14 Å². The lowest BCUT2D eigenvalue weighted by molar-refractivity contribution is 0.597. The minimum atomic E-state index is -3.53. The number of benzene rings is 1. The van der Waals surface area contributed by atoms with Gasteiger partial charge in [-0.1, -0.05) is 32.0 Å². The van der Waals surface area contributed by atoms with Gasteiger partial charge < -0.3 is 0 Å². The zero-order chi connectivity index (χ0) is 10.5. The van der Waals surface area contributed by atoms with Gasteiger partial charge in [0.25, 0.3) is 0 Å². The maximum Gasteiger partial charge on any atom is 0.238 e. The summed E-state index contributed by atoms with van der Waals surface area (Å²) in [6.07, 6.45) is 0. The molecule has 0 amide bonds. The average Bonchev–Trinajstić information content (AvgIpc) is 2.07. The fraction of sp³-hybridized carbons (Fsp3) is 0.333. The Labute approximate surface area is 79.6 Å². The molecule has 0 saturated heterocycles. The van der Waals surface area contributed by atoms with Gasteiger partial charge in [0.05, 0.1) is 4.90 Å². The van der Waals surface area contributed by atoms with Crippen LogP contribution in [0.25, 0.3) is 0 Å². The van der Waals surface area contributed by atoms with Crippen molar-refractivity contribution < 1.29 is 8.42 Å². The summed E-state index contributed by atoms with van der Waals surface area (Å²) >= 11 is 0. The summed E-state index contributed by atoms with van der Waals surface area (Å²) < 4.78 is 21.7. The Morgan fingerprint density at radius 2 is 1.62 bits per heavy atom. The van der Waals surface area contributed by atoms with Gasteiger partial charge in [0.15, 0.2) is 0 Å². The van der Waals surface area contributed by atoms with Gasteiger partial charge in [-0.3, -0.25) is 0 Å². The number of nitrogens with two attached hydrogens (primary N) is 1. The zero-order valence-corrected chi connectivity index (χ0v) is 8.93. The summed E-state index contributed by atoms with van der Waals surface area (Å²) in [4.78, 5) is 0.194. The third-order valence-electron chi connectivity index (χ3n) is 1.40. The average molecular weight is 201 g/mol. The molecule has 13 heavy (non-hydrogen) atoms. The van der Waals surface area contributed by atoms with E-state index in [0.29, 0.717) is 5.56 Å². The van der Waals surface area contributed by atoms with E-state index in [0.717, 1.165) is 0 Å². The van der Waals surface area contributed by atoms with Crippen LogP contribution in [0, 0.1) is 6.92 Å². The largest absolute Gasteiger partial charge is 0.238 e. The summed E-state index contributed by atoms with van der Waals surface area (Å²) in [6, 6.07) is 6.61. The van der Waals surface area contributed by atoms with Crippen LogP contribution >= 0.6 is 0 Å². The van der Waals surface area contributed by atoms with Crippen LogP contribution in [0.3, 0.4) is 0 Å². The van der Waals surface area contributed by atoms with Crippen LogP contribution in [0.1, 0.15) is 19.4 Å². The van der Waals surface area contributed by atoms with Gasteiger partial charge in [-0.15, -0.1) is 0 Å². The molecule has 74 valence electrons. The molecule has 3 nitrogen and oxygen atoms in total. The van der Waals surface area contributed by atoms with E-state index in [2.05, 4.69) is 0 Å². The van der Waals surface area contributed by atoms with Crippen molar-refractivity contribution in [1.29, 1.82) is 0 Å². The van der Waals surface area contributed by atoms with Crippen molar-refractivity contribution in [3.8, 4) is 0 Å². The molecule has 0 heterocycles. The first-order valence-electron chi connectivity index (χ1n) is 4.10. The Balaban J connectivity index is 0.000000671. The van der Waals surface area contributed by atoms with Crippen LogP contribution in [-0.2, 0) is 10.0 Å². The molecule has 0 aromatic heterocycles. The molecule has 0 spiro atoms. The van der Waals surface area contributed by atoms with Crippen molar-refractivity contribution in [1.82, 2.24) is 0 Å². The Bertz CT molecular complexity index is 358. The summed E-state index contributed by atoms with van der Waals surface area (Å²) in [7, 11) is -3.53. The molecule has 0 saturated carbocycles. The van der Waals surface area contributed by atoms with Crippen molar-refractivity contribution >= 4 is 10.0 Å². The molecular formula is C9H15NO2S.